The van der Waals surface area contributed by atoms with Gasteiger partial charge >= 0.3 is 6.18 Å². The zero-order valence-corrected chi connectivity index (χ0v) is 11.7. The van der Waals surface area contributed by atoms with Gasteiger partial charge in [-0.05, 0) is 30.7 Å². The Kier molecular flexibility index (Phi) is 3.28. The van der Waals surface area contributed by atoms with Crippen molar-refractivity contribution in [3.8, 4) is 0 Å². The van der Waals surface area contributed by atoms with Crippen LogP contribution in [0.4, 0.5) is 18.9 Å². The summed E-state index contributed by atoms with van der Waals surface area (Å²) in [5.41, 5.74) is 2.18. The molecule has 2 aromatic rings. The highest BCUT2D eigenvalue weighted by Crippen LogP contribution is 2.38. The van der Waals surface area contributed by atoms with Crippen molar-refractivity contribution in [3.05, 3.63) is 64.7 Å². The number of benzene rings is 2. The monoisotopic (exact) mass is 303 g/mol. The van der Waals surface area contributed by atoms with Crippen molar-refractivity contribution in [1.82, 2.24) is 0 Å². The van der Waals surface area contributed by atoms with Crippen molar-refractivity contribution in [1.29, 1.82) is 0 Å². The van der Waals surface area contributed by atoms with Gasteiger partial charge in [0.15, 0.2) is 0 Å². The number of carbonyl (C=O) groups excluding carboxylic acids is 1. The first-order valence-electron chi connectivity index (χ1n) is 6.66. The van der Waals surface area contributed by atoms with Gasteiger partial charge in [0.05, 0.1) is 5.56 Å². The average Bonchev–Trinajstić information content (AvgIpc) is 2.76. The largest absolute Gasteiger partial charge is 0.416 e. The molecule has 5 heteroatoms. The number of fused-ring (bicyclic) bond motifs is 1. The molecule has 3 rings (SSSR count). The molecule has 1 aliphatic rings. The fourth-order valence-corrected chi connectivity index (χ4v) is 2.34. The SMILES string of the molecule is Cc1ccc(/C=C2/C(=O)Nc3cc(C(F)(F)F)ccc32)cc1. The smallest absolute Gasteiger partial charge is 0.321 e. The Balaban J connectivity index is 2.03. The van der Waals surface area contributed by atoms with Crippen molar-refractivity contribution in [3.63, 3.8) is 0 Å². The minimum atomic E-state index is -4.43. The van der Waals surface area contributed by atoms with E-state index in [9.17, 15) is 18.0 Å². The molecule has 2 nitrogen and oxygen atoms in total. The van der Waals surface area contributed by atoms with Gasteiger partial charge in [0.2, 0.25) is 0 Å². The molecule has 1 heterocycles. The molecule has 2 aromatic carbocycles. The first-order valence-corrected chi connectivity index (χ1v) is 6.66. The van der Waals surface area contributed by atoms with Gasteiger partial charge in [0.25, 0.3) is 5.91 Å². The van der Waals surface area contributed by atoms with E-state index < -0.39 is 17.6 Å². The van der Waals surface area contributed by atoms with Crippen molar-refractivity contribution in [2.45, 2.75) is 13.1 Å². The lowest BCUT2D eigenvalue weighted by molar-refractivity contribution is -0.137. The van der Waals surface area contributed by atoms with Crippen LogP contribution in [-0.2, 0) is 11.0 Å². The number of hydrogen-bond donors (Lipinski definition) is 1. The number of hydrogen-bond acceptors (Lipinski definition) is 1. The summed E-state index contributed by atoms with van der Waals surface area (Å²) in [6.45, 7) is 1.95. The van der Waals surface area contributed by atoms with Crippen molar-refractivity contribution in [2.24, 2.45) is 0 Å². The van der Waals surface area contributed by atoms with Gasteiger partial charge in [-0.2, -0.15) is 13.2 Å². The predicted octanol–water partition coefficient (Wildman–Crippen LogP) is 4.51. The van der Waals surface area contributed by atoms with Crippen LogP contribution in [0.15, 0.2) is 42.5 Å². The lowest BCUT2D eigenvalue weighted by Crippen LogP contribution is -2.06. The number of nitrogens with one attached hydrogen (secondary N) is 1. The van der Waals surface area contributed by atoms with E-state index in [0.29, 0.717) is 11.1 Å². The number of aryl methyl sites for hydroxylation is 1. The molecule has 0 saturated carbocycles. The van der Waals surface area contributed by atoms with Crippen molar-refractivity contribution in [2.75, 3.05) is 5.32 Å². The van der Waals surface area contributed by atoms with Crippen LogP contribution in [0.25, 0.3) is 11.6 Å². The molecular weight excluding hydrogens is 291 g/mol. The van der Waals surface area contributed by atoms with Gasteiger partial charge < -0.3 is 5.32 Å². The first-order chi connectivity index (χ1) is 10.3. The number of rotatable bonds is 1. The fraction of sp³-hybridized carbons (Fsp3) is 0.118. The predicted molar refractivity (Wildman–Crippen MR) is 79.1 cm³/mol. The summed E-state index contributed by atoms with van der Waals surface area (Å²) < 4.78 is 38.1. The zero-order chi connectivity index (χ0) is 15.9. The van der Waals surface area contributed by atoms with Crippen LogP contribution >= 0.6 is 0 Å². The van der Waals surface area contributed by atoms with E-state index in [1.807, 2.05) is 31.2 Å². The quantitative estimate of drug-likeness (QED) is 0.772. The van der Waals surface area contributed by atoms with Crippen LogP contribution in [0, 0.1) is 6.92 Å². The molecule has 0 radical (unpaired) electrons. The summed E-state index contributed by atoms with van der Waals surface area (Å²) >= 11 is 0. The average molecular weight is 303 g/mol. The van der Waals surface area contributed by atoms with Crippen molar-refractivity contribution >= 4 is 23.2 Å². The van der Waals surface area contributed by atoms with E-state index >= 15 is 0 Å². The van der Waals surface area contributed by atoms with Gasteiger partial charge in [-0.1, -0.05) is 35.9 Å². The van der Waals surface area contributed by atoms with Crippen LogP contribution in [0.2, 0.25) is 0 Å². The maximum absolute atomic E-state index is 12.7. The van der Waals surface area contributed by atoms with E-state index in [-0.39, 0.29) is 5.69 Å². The highest BCUT2D eigenvalue weighted by atomic mass is 19.4. The molecular formula is C17H12F3NO. The second kappa shape index (κ2) is 5.02. The molecule has 112 valence electrons. The van der Waals surface area contributed by atoms with Gasteiger partial charge in [0, 0.05) is 16.8 Å². The van der Waals surface area contributed by atoms with Gasteiger partial charge in [-0.15, -0.1) is 0 Å². The van der Waals surface area contributed by atoms with E-state index in [0.717, 1.165) is 23.3 Å². The van der Waals surface area contributed by atoms with Crippen molar-refractivity contribution < 1.29 is 18.0 Å². The molecule has 0 fully saturated rings. The highest BCUT2D eigenvalue weighted by Gasteiger charge is 2.33. The van der Waals surface area contributed by atoms with E-state index in [1.165, 1.54) is 6.07 Å². The van der Waals surface area contributed by atoms with E-state index in [2.05, 4.69) is 5.32 Å². The minimum Gasteiger partial charge on any atom is -0.321 e. The molecule has 0 bridgehead atoms. The third-order valence-electron chi connectivity index (χ3n) is 3.52. The Hall–Kier alpha value is -2.56. The minimum absolute atomic E-state index is 0.193. The summed E-state index contributed by atoms with van der Waals surface area (Å²) in [6, 6.07) is 10.8. The van der Waals surface area contributed by atoms with E-state index in [4.69, 9.17) is 0 Å². The number of halogens is 3. The van der Waals surface area contributed by atoms with Crippen LogP contribution in [0.3, 0.4) is 0 Å². The van der Waals surface area contributed by atoms with Crippen LogP contribution < -0.4 is 5.32 Å². The third kappa shape index (κ3) is 2.62. The van der Waals surface area contributed by atoms with Gasteiger partial charge in [0.1, 0.15) is 0 Å². The topological polar surface area (TPSA) is 29.1 Å². The standard InChI is InChI=1S/C17H12F3NO/c1-10-2-4-11(5-3-10)8-14-13-7-6-12(17(18,19)20)9-15(13)21-16(14)22/h2-9H,1H3,(H,21,22)/b14-8+. The number of amides is 1. The number of anilines is 1. The Morgan fingerprint density at radius 1 is 1.05 bits per heavy atom. The molecule has 0 aliphatic carbocycles. The molecule has 1 N–H and O–H groups in total. The molecule has 1 amide bonds. The van der Waals surface area contributed by atoms with Crippen LogP contribution in [0.5, 0.6) is 0 Å². The molecule has 0 saturated heterocycles. The molecule has 1 aliphatic heterocycles. The highest BCUT2D eigenvalue weighted by molar-refractivity contribution is 6.34. The molecule has 0 unspecified atom stereocenters. The molecule has 22 heavy (non-hydrogen) atoms. The third-order valence-corrected chi connectivity index (χ3v) is 3.52. The Bertz CT molecular complexity index is 773. The summed E-state index contributed by atoms with van der Waals surface area (Å²) in [5, 5.41) is 2.48. The van der Waals surface area contributed by atoms with E-state index in [1.54, 1.807) is 6.08 Å². The summed E-state index contributed by atoms with van der Waals surface area (Å²) in [5.74, 6) is -0.394. The Labute approximate surface area is 125 Å². The second-order valence-corrected chi connectivity index (χ2v) is 5.18. The summed E-state index contributed by atoms with van der Waals surface area (Å²) in [6.07, 6.45) is -2.75. The maximum Gasteiger partial charge on any atom is 0.416 e. The first kappa shape index (κ1) is 14.4. The zero-order valence-electron chi connectivity index (χ0n) is 11.7. The van der Waals surface area contributed by atoms with Gasteiger partial charge in [-0.25, -0.2) is 0 Å². The lowest BCUT2D eigenvalue weighted by atomic mass is 10.0. The van der Waals surface area contributed by atoms with Crippen LogP contribution in [0.1, 0.15) is 22.3 Å². The number of alkyl halides is 3. The molecule has 0 atom stereocenters. The number of carbonyl (C=O) groups is 1. The summed E-state index contributed by atoms with van der Waals surface area (Å²) in [7, 11) is 0. The molecule has 0 aromatic heterocycles. The Morgan fingerprint density at radius 3 is 2.36 bits per heavy atom. The maximum atomic E-state index is 12.7. The molecule has 0 spiro atoms. The summed E-state index contributed by atoms with van der Waals surface area (Å²) in [4.78, 5) is 12.0. The lowest BCUT2D eigenvalue weighted by Gasteiger charge is -2.08. The van der Waals surface area contributed by atoms with Crippen LogP contribution in [-0.4, -0.2) is 5.91 Å². The normalized spacial score (nSPS) is 15.8. The second-order valence-electron chi connectivity index (χ2n) is 5.18. The van der Waals surface area contributed by atoms with Gasteiger partial charge in [-0.3, -0.25) is 4.79 Å². The fourth-order valence-electron chi connectivity index (χ4n) is 2.34. The Morgan fingerprint density at radius 2 is 1.73 bits per heavy atom.